The van der Waals surface area contributed by atoms with Gasteiger partial charge >= 0.3 is 0 Å². The molecule has 0 aliphatic heterocycles. The van der Waals surface area contributed by atoms with E-state index < -0.39 is 0 Å². The number of hydrogen-bond acceptors (Lipinski definition) is 1. The van der Waals surface area contributed by atoms with Crippen molar-refractivity contribution >= 4 is 21.8 Å². The second kappa shape index (κ2) is 6.80. The van der Waals surface area contributed by atoms with Gasteiger partial charge in [-0.15, -0.1) is 0 Å². The molecule has 0 spiro atoms. The molecule has 0 radical (unpaired) electrons. The van der Waals surface area contributed by atoms with E-state index in [0.717, 1.165) is 41.5 Å². The fourth-order valence-electron chi connectivity index (χ4n) is 1.75. The highest BCUT2D eigenvalue weighted by molar-refractivity contribution is 9.10. The zero-order valence-electron chi connectivity index (χ0n) is 10.8. The average molecular weight is 298 g/mol. The van der Waals surface area contributed by atoms with Gasteiger partial charge in [0, 0.05) is 23.1 Å². The summed E-state index contributed by atoms with van der Waals surface area (Å²) in [5, 5.41) is 0. The van der Waals surface area contributed by atoms with Crippen molar-refractivity contribution in [1.82, 2.24) is 4.90 Å². The maximum Gasteiger partial charge on any atom is 0.254 e. The summed E-state index contributed by atoms with van der Waals surface area (Å²) in [6, 6.07) is 5.85. The van der Waals surface area contributed by atoms with Gasteiger partial charge in [-0.25, -0.2) is 0 Å². The van der Waals surface area contributed by atoms with Gasteiger partial charge in [-0.1, -0.05) is 35.3 Å². The van der Waals surface area contributed by atoms with Crippen molar-refractivity contribution in [2.75, 3.05) is 13.1 Å². The number of rotatable bonds is 5. The molecule has 0 bridgehead atoms. The van der Waals surface area contributed by atoms with E-state index in [-0.39, 0.29) is 5.91 Å². The van der Waals surface area contributed by atoms with Gasteiger partial charge in [-0.3, -0.25) is 4.79 Å². The lowest BCUT2D eigenvalue weighted by molar-refractivity contribution is 0.0761. The monoisotopic (exact) mass is 297 g/mol. The molecule has 1 aromatic rings. The Hall–Kier alpha value is -0.830. The van der Waals surface area contributed by atoms with E-state index in [1.165, 1.54) is 0 Å². The molecule has 0 N–H and O–H groups in total. The molecular weight excluding hydrogens is 278 g/mol. The van der Waals surface area contributed by atoms with Crippen LogP contribution in [0.25, 0.3) is 0 Å². The molecule has 0 unspecified atom stereocenters. The van der Waals surface area contributed by atoms with Gasteiger partial charge in [0.05, 0.1) is 0 Å². The van der Waals surface area contributed by atoms with Gasteiger partial charge in [-0.05, 0) is 38.0 Å². The number of amides is 1. The fourth-order valence-corrected chi connectivity index (χ4v) is 2.11. The SMILES string of the molecule is CCCCN(CC)C(=O)c1cc(Br)ccc1C. The van der Waals surface area contributed by atoms with Gasteiger partial charge in [0.1, 0.15) is 0 Å². The maximum absolute atomic E-state index is 12.4. The van der Waals surface area contributed by atoms with Crippen LogP contribution in [0.4, 0.5) is 0 Å². The molecule has 1 rings (SSSR count). The maximum atomic E-state index is 12.4. The van der Waals surface area contributed by atoms with E-state index >= 15 is 0 Å². The van der Waals surface area contributed by atoms with Crippen molar-refractivity contribution in [1.29, 1.82) is 0 Å². The van der Waals surface area contributed by atoms with Gasteiger partial charge in [-0.2, -0.15) is 0 Å². The lowest BCUT2D eigenvalue weighted by atomic mass is 10.1. The number of nitrogens with zero attached hydrogens (tertiary/aromatic N) is 1. The van der Waals surface area contributed by atoms with Crippen LogP contribution < -0.4 is 0 Å². The molecule has 1 amide bonds. The summed E-state index contributed by atoms with van der Waals surface area (Å²) >= 11 is 3.42. The number of carbonyl (C=O) groups is 1. The first-order valence-electron chi connectivity index (χ1n) is 6.15. The second-order valence-electron chi connectivity index (χ2n) is 4.20. The quantitative estimate of drug-likeness (QED) is 0.804. The number of unbranched alkanes of at least 4 members (excludes halogenated alkanes) is 1. The highest BCUT2D eigenvalue weighted by Gasteiger charge is 2.15. The standard InChI is InChI=1S/C14H20BrNO/c1-4-6-9-16(5-2)14(17)13-10-12(15)8-7-11(13)3/h7-8,10H,4-6,9H2,1-3H3. The van der Waals surface area contributed by atoms with Gasteiger partial charge < -0.3 is 4.90 Å². The molecule has 2 nitrogen and oxygen atoms in total. The van der Waals surface area contributed by atoms with Crippen molar-refractivity contribution in [2.45, 2.75) is 33.6 Å². The molecule has 1 aromatic carbocycles. The van der Waals surface area contributed by atoms with Crippen molar-refractivity contribution in [3.63, 3.8) is 0 Å². The second-order valence-corrected chi connectivity index (χ2v) is 5.11. The Balaban J connectivity index is 2.89. The third kappa shape index (κ3) is 3.84. The minimum absolute atomic E-state index is 0.139. The first kappa shape index (κ1) is 14.2. The normalized spacial score (nSPS) is 10.4. The van der Waals surface area contributed by atoms with Gasteiger partial charge in [0.25, 0.3) is 5.91 Å². The number of aryl methyl sites for hydroxylation is 1. The zero-order chi connectivity index (χ0) is 12.8. The Morgan fingerprint density at radius 2 is 2.06 bits per heavy atom. The first-order chi connectivity index (χ1) is 8.10. The molecule has 17 heavy (non-hydrogen) atoms. The number of halogens is 1. The third-order valence-corrected chi connectivity index (χ3v) is 3.37. The van der Waals surface area contributed by atoms with Crippen molar-refractivity contribution < 1.29 is 4.79 Å². The molecule has 0 saturated heterocycles. The van der Waals surface area contributed by atoms with E-state index in [4.69, 9.17) is 0 Å². The Labute approximate surface area is 112 Å². The van der Waals surface area contributed by atoms with Crippen LogP contribution in [0.15, 0.2) is 22.7 Å². The largest absolute Gasteiger partial charge is 0.339 e. The van der Waals surface area contributed by atoms with Crippen LogP contribution in [0.5, 0.6) is 0 Å². The van der Waals surface area contributed by atoms with E-state index in [0.29, 0.717) is 0 Å². The van der Waals surface area contributed by atoms with E-state index in [2.05, 4.69) is 22.9 Å². The molecule has 94 valence electrons. The summed E-state index contributed by atoms with van der Waals surface area (Å²) in [4.78, 5) is 14.3. The molecule has 3 heteroatoms. The zero-order valence-corrected chi connectivity index (χ0v) is 12.4. The summed E-state index contributed by atoms with van der Waals surface area (Å²) in [5.74, 6) is 0.139. The van der Waals surface area contributed by atoms with E-state index in [9.17, 15) is 4.79 Å². The lowest BCUT2D eigenvalue weighted by Gasteiger charge is -2.21. The molecule has 0 atom stereocenters. The van der Waals surface area contributed by atoms with Crippen molar-refractivity contribution in [2.24, 2.45) is 0 Å². The topological polar surface area (TPSA) is 20.3 Å². The summed E-state index contributed by atoms with van der Waals surface area (Å²) < 4.78 is 0.956. The van der Waals surface area contributed by atoms with Gasteiger partial charge in [0.15, 0.2) is 0 Å². The first-order valence-corrected chi connectivity index (χ1v) is 6.94. The predicted octanol–water partition coefficient (Wildman–Crippen LogP) is 4.02. The van der Waals surface area contributed by atoms with Crippen LogP contribution in [0.2, 0.25) is 0 Å². The minimum atomic E-state index is 0.139. The molecule has 0 saturated carbocycles. The molecular formula is C14H20BrNO. The molecule has 0 fully saturated rings. The van der Waals surface area contributed by atoms with Crippen LogP contribution in [0.1, 0.15) is 42.6 Å². The minimum Gasteiger partial charge on any atom is -0.339 e. The Bertz CT molecular complexity index is 390. The van der Waals surface area contributed by atoms with Crippen LogP contribution >= 0.6 is 15.9 Å². The summed E-state index contributed by atoms with van der Waals surface area (Å²) in [5.41, 5.74) is 1.84. The Kier molecular flexibility index (Phi) is 5.69. The average Bonchev–Trinajstić information content (AvgIpc) is 2.33. The number of carbonyl (C=O) groups excluding carboxylic acids is 1. The summed E-state index contributed by atoms with van der Waals surface area (Å²) in [6.45, 7) is 7.76. The van der Waals surface area contributed by atoms with E-state index in [1.807, 2.05) is 36.9 Å². The molecule has 0 heterocycles. The summed E-state index contributed by atoms with van der Waals surface area (Å²) in [6.07, 6.45) is 2.17. The number of hydrogen-bond donors (Lipinski definition) is 0. The van der Waals surface area contributed by atoms with Crippen LogP contribution in [-0.2, 0) is 0 Å². The van der Waals surface area contributed by atoms with Gasteiger partial charge in [0.2, 0.25) is 0 Å². The predicted molar refractivity (Wildman–Crippen MR) is 75.4 cm³/mol. The number of benzene rings is 1. The van der Waals surface area contributed by atoms with Crippen LogP contribution in [-0.4, -0.2) is 23.9 Å². The third-order valence-electron chi connectivity index (χ3n) is 2.88. The molecule has 0 aliphatic rings. The molecule has 0 aliphatic carbocycles. The van der Waals surface area contributed by atoms with Crippen molar-refractivity contribution in [3.05, 3.63) is 33.8 Å². The lowest BCUT2D eigenvalue weighted by Crippen LogP contribution is -2.32. The van der Waals surface area contributed by atoms with Crippen LogP contribution in [0, 0.1) is 6.92 Å². The smallest absolute Gasteiger partial charge is 0.254 e. The molecule has 0 aromatic heterocycles. The van der Waals surface area contributed by atoms with E-state index in [1.54, 1.807) is 0 Å². The van der Waals surface area contributed by atoms with Crippen LogP contribution in [0.3, 0.4) is 0 Å². The Morgan fingerprint density at radius 1 is 1.35 bits per heavy atom. The Morgan fingerprint density at radius 3 is 2.65 bits per heavy atom. The highest BCUT2D eigenvalue weighted by Crippen LogP contribution is 2.18. The fraction of sp³-hybridized carbons (Fsp3) is 0.500. The highest BCUT2D eigenvalue weighted by atomic mass is 79.9. The summed E-state index contributed by atoms with van der Waals surface area (Å²) in [7, 11) is 0. The van der Waals surface area contributed by atoms with Crippen molar-refractivity contribution in [3.8, 4) is 0 Å².